The molecule has 0 radical (unpaired) electrons. The lowest BCUT2D eigenvalue weighted by molar-refractivity contribution is -0.0861. The minimum Gasteiger partial charge on any atom is -0.504 e. The number of rotatable bonds is 3. The average molecular weight is 291 g/mol. The third kappa shape index (κ3) is 2.74. The summed E-state index contributed by atoms with van der Waals surface area (Å²) < 4.78 is 5.49. The zero-order valence-corrected chi connectivity index (χ0v) is 12.6. The molecule has 21 heavy (non-hydrogen) atoms. The number of benzene rings is 1. The lowest BCUT2D eigenvalue weighted by Gasteiger charge is -2.48. The molecule has 2 fully saturated rings. The lowest BCUT2D eigenvalue weighted by atomic mass is 9.67. The Balaban J connectivity index is 1.89. The number of ether oxygens (including phenoxy) is 1. The van der Waals surface area contributed by atoms with E-state index in [0.29, 0.717) is 12.4 Å². The number of hydrogen-bond acceptors (Lipinski definition) is 4. The van der Waals surface area contributed by atoms with Gasteiger partial charge in [-0.1, -0.05) is 18.9 Å². The smallest absolute Gasteiger partial charge is 0.161 e. The van der Waals surface area contributed by atoms with Gasteiger partial charge in [0.15, 0.2) is 11.5 Å². The maximum Gasteiger partial charge on any atom is 0.161 e. The molecule has 1 saturated heterocycles. The third-order valence-electron chi connectivity index (χ3n) is 5.03. The first-order valence-corrected chi connectivity index (χ1v) is 8.05. The predicted molar refractivity (Wildman–Crippen MR) is 81.5 cm³/mol. The first kappa shape index (κ1) is 14.7. The van der Waals surface area contributed by atoms with E-state index in [1.54, 1.807) is 6.07 Å². The summed E-state index contributed by atoms with van der Waals surface area (Å²) in [6, 6.07) is 5.69. The molecule has 1 aliphatic heterocycles. The van der Waals surface area contributed by atoms with Crippen molar-refractivity contribution in [2.24, 2.45) is 5.92 Å². The minimum atomic E-state index is -0.530. The summed E-state index contributed by atoms with van der Waals surface area (Å²) in [5.41, 5.74) is 0.568. The van der Waals surface area contributed by atoms with Crippen LogP contribution in [0.25, 0.3) is 0 Å². The Morgan fingerprint density at radius 1 is 1.33 bits per heavy atom. The van der Waals surface area contributed by atoms with E-state index in [2.05, 4.69) is 5.32 Å². The second kappa shape index (κ2) is 5.85. The average Bonchev–Trinajstić information content (AvgIpc) is 2.48. The van der Waals surface area contributed by atoms with Crippen molar-refractivity contribution in [3.8, 4) is 11.5 Å². The van der Waals surface area contributed by atoms with Gasteiger partial charge in [-0.2, -0.15) is 0 Å². The first-order chi connectivity index (χ1) is 10.1. The number of aliphatic hydroxyl groups is 1. The summed E-state index contributed by atoms with van der Waals surface area (Å²) in [6.07, 6.45) is 5.11. The summed E-state index contributed by atoms with van der Waals surface area (Å²) in [4.78, 5) is 0. The van der Waals surface area contributed by atoms with Crippen LogP contribution in [0.5, 0.6) is 11.5 Å². The fourth-order valence-corrected chi connectivity index (χ4v) is 3.97. The van der Waals surface area contributed by atoms with Gasteiger partial charge in [-0.05, 0) is 50.4 Å². The second-order valence-corrected chi connectivity index (χ2v) is 6.30. The summed E-state index contributed by atoms with van der Waals surface area (Å²) in [7, 11) is 0. The number of phenols is 1. The van der Waals surface area contributed by atoms with Gasteiger partial charge in [0.05, 0.1) is 12.2 Å². The molecule has 1 saturated carbocycles. The van der Waals surface area contributed by atoms with Crippen LogP contribution in [-0.2, 0) is 0 Å². The van der Waals surface area contributed by atoms with Crippen LogP contribution in [0.1, 0.15) is 50.6 Å². The van der Waals surface area contributed by atoms with Crippen LogP contribution in [0.3, 0.4) is 0 Å². The van der Waals surface area contributed by atoms with E-state index in [1.165, 1.54) is 6.42 Å². The molecule has 1 aliphatic carbocycles. The molecule has 0 amide bonds. The maximum atomic E-state index is 10.9. The van der Waals surface area contributed by atoms with E-state index in [0.717, 1.165) is 37.8 Å². The maximum absolute atomic E-state index is 10.9. The number of fused-ring (bicyclic) bond motifs is 1. The van der Waals surface area contributed by atoms with Crippen molar-refractivity contribution in [2.45, 2.75) is 50.7 Å². The molecule has 4 heteroatoms. The Bertz CT molecular complexity index is 501. The van der Waals surface area contributed by atoms with Gasteiger partial charge in [0.1, 0.15) is 0 Å². The van der Waals surface area contributed by atoms with Gasteiger partial charge >= 0.3 is 0 Å². The summed E-state index contributed by atoms with van der Waals surface area (Å²) >= 11 is 0. The molecular weight excluding hydrogens is 266 g/mol. The van der Waals surface area contributed by atoms with E-state index in [-0.39, 0.29) is 17.7 Å². The zero-order valence-electron chi connectivity index (χ0n) is 12.6. The van der Waals surface area contributed by atoms with Crippen molar-refractivity contribution in [3.63, 3.8) is 0 Å². The van der Waals surface area contributed by atoms with Gasteiger partial charge in [-0.25, -0.2) is 0 Å². The fourth-order valence-electron chi connectivity index (χ4n) is 3.97. The van der Waals surface area contributed by atoms with Crippen LogP contribution >= 0.6 is 0 Å². The summed E-state index contributed by atoms with van der Waals surface area (Å²) in [6.45, 7) is 3.27. The summed E-state index contributed by atoms with van der Waals surface area (Å²) in [5.74, 6) is 0.955. The van der Waals surface area contributed by atoms with Crippen molar-refractivity contribution in [3.05, 3.63) is 23.8 Å². The molecule has 3 rings (SSSR count). The van der Waals surface area contributed by atoms with Crippen molar-refractivity contribution in [1.29, 1.82) is 0 Å². The minimum absolute atomic E-state index is 0.142. The second-order valence-electron chi connectivity index (χ2n) is 6.30. The highest BCUT2D eigenvalue weighted by molar-refractivity contribution is 5.43. The largest absolute Gasteiger partial charge is 0.504 e. The van der Waals surface area contributed by atoms with Crippen LogP contribution in [-0.4, -0.2) is 29.0 Å². The lowest BCUT2D eigenvalue weighted by Crippen LogP contribution is -2.53. The Morgan fingerprint density at radius 2 is 2.19 bits per heavy atom. The number of aromatic hydroxyl groups is 1. The fraction of sp³-hybridized carbons (Fsp3) is 0.647. The third-order valence-corrected chi connectivity index (χ3v) is 5.03. The Labute approximate surface area is 126 Å². The van der Waals surface area contributed by atoms with Crippen molar-refractivity contribution in [2.75, 3.05) is 13.2 Å². The van der Waals surface area contributed by atoms with Crippen molar-refractivity contribution < 1.29 is 14.9 Å². The molecule has 3 atom stereocenters. The van der Waals surface area contributed by atoms with E-state index in [9.17, 15) is 10.2 Å². The SMILES string of the molecule is CCOc1cc([C@H]2NCC[C@]3(O)CCCC[C@@H]23)ccc1O. The standard InChI is InChI=1S/C17H25NO3/c1-2-21-15-11-12(6-7-14(15)19)16-13-5-3-4-8-17(13,20)9-10-18-16/h6-7,11,13,16,18-20H,2-5,8-10H2,1H3/t13-,16+,17+/m0/s1. The Morgan fingerprint density at radius 3 is 3.00 bits per heavy atom. The number of nitrogens with one attached hydrogen (secondary N) is 1. The van der Waals surface area contributed by atoms with E-state index in [4.69, 9.17) is 4.74 Å². The molecular formula is C17H25NO3. The van der Waals surface area contributed by atoms with Gasteiger partial charge in [-0.15, -0.1) is 0 Å². The molecule has 1 aromatic rings. The number of phenolic OH excluding ortho intramolecular Hbond substituents is 1. The number of piperidine rings is 1. The Kier molecular flexibility index (Phi) is 4.09. The molecule has 1 heterocycles. The van der Waals surface area contributed by atoms with Crippen LogP contribution in [0.15, 0.2) is 18.2 Å². The molecule has 0 spiro atoms. The number of hydrogen-bond donors (Lipinski definition) is 3. The van der Waals surface area contributed by atoms with Gasteiger partial charge in [0, 0.05) is 12.0 Å². The van der Waals surface area contributed by atoms with E-state index < -0.39 is 5.60 Å². The van der Waals surface area contributed by atoms with E-state index >= 15 is 0 Å². The molecule has 0 unspecified atom stereocenters. The van der Waals surface area contributed by atoms with Crippen LogP contribution < -0.4 is 10.1 Å². The van der Waals surface area contributed by atoms with Crippen molar-refractivity contribution in [1.82, 2.24) is 5.32 Å². The highest BCUT2D eigenvalue weighted by Gasteiger charge is 2.45. The van der Waals surface area contributed by atoms with Gasteiger partial charge in [0.25, 0.3) is 0 Å². The highest BCUT2D eigenvalue weighted by Crippen LogP contribution is 2.46. The molecule has 2 aliphatic rings. The quantitative estimate of drug-likeness (QED) is 0.801. The van der Waals surface area contributed by atoms with Gasteiger partial charge < -0.3 is 20.3 Å². The topological polar surface area (TPSA) is 61.7 Å². The van der Waals surface area contributed by atoms with Crippen LogP contribution in [0.2, 0.25) is 0 Å². The monoisotopic (exact) mass is 291 g/mol. The molecule has 0 aromatic heterocycles. The van der Waals surface area contributed by atoms with Gasteiger partial charge in [0.2, 0.25) is 0 Å². The first-order valence-electron chi connectivity index (χ1n) is 8.05. The highest BCUT2D eigenvalue weighted by atomic mass is 16.5. The molecule has 1 aromatic carbocycles. The predicted octanol–water partition coefficient (Wildman–Crippen LogP) is 2.75. The molecule has 3 N–H and O–H groups in total. The molecule has 4 nitrogen and oxygen atoms in total. The zero-order chi connectivity index (χ0) is 14.9. The Hall–Kier alpha value is -1.26. The van der Waals surface area contributed by atoms with Crippen LogP contribution in [0.4, 0.5) is 0 Å². The molecule has 116 valence electrons. The normalized spacial score (nSPS) is 32.5. The van der Waals surface area contributed by atoms with E-state index in [1.807, 2.05) is 19.1 Å². The van der Waals surface area contributed by atoms with Crippen molar-refractivity contribution >= 4 is 0 Å². The summed E-state index contributed by atoms with van der Waals surface area (Å²) in [5, 5.41) is 24.3. The van der Waals surface area contributed by atoms with Gasteiger partial charge in [-0.3, -0.25) is 0 Å². The molecule has 0 bridgehead atoms. The van der Waals surface area contributed by atoms with Crippen LogP contribution in [0, 0.1) is 5.92 Å².